The lowest BCUT2D eigenvalue weighted by molar-refractivity contribution is -0.919. The van der Waals surface area contributed by atoms with Gasteiger partial charge in [-0.15, -0.1) is 0 Å². The number of hydrogen-bond acceptors (Lipinski definition) is 3. The van der Waals surface area contributed by atoms with Crippen LogP contribution in [0.1, 0.15) is 26.7 Å². The Labute approximate surface area is 125 Å². The second kappa shape index (κ2) is 5.93. The lowest BCUT2D eigenvalue weighted by atomic mass is 9.98. The Kier molecular flexibility index (Phi) is 4.01. The molecular formula is C16H23N2O3+. The molecule has 2 N–H and O–H groups in total. The van der Waals surface area contributed by atoms with Gasteiger partial charge in [0.2, 0.25) is 6.79 Å². The fourth-order valence-electron chi connectivity index (χ4n) is 2.98. The monoisotopic (exact) mass is 291 g/mol. The summed E-state index contributed by atoms with van der Waals surface area (Å²) in [6.07, 6.45) is 2.41. The van der Waals surface area contributed by atoms with E-state index in [4.69, 9.17) is 9.47 Å². The zero-order valence-corrected chi connectivity index (χ0v) is 12.6. The first-order valence-electron chi connectivity index (χ1n) is 7.68. The lowest BCUT2D eigenvalue weighted by Crippen LogP contribution is -3.17. The molecule has 21 heavy (non-hydrogen) atoms. The number of likely N-dealkylation sites (tertiary alicyclic amines) is 1. The van der Waals surface area contributed by atoms with Crippen LogP contribution in [-0.4, -0.2) is 31.8 Å². The van der Waals surface area contributed by atoms with Crippen molar-refractivity contribution >= 4 is 11.6 Å². The summed E-state index contributed by atoms with van der Waals surface area (Å²) < 4.78 is 10.6. The Bertz CT molecular complexity index is 524. The van der Waals surface area contributed by atoms with Crippen molar-refractivity contribution in [1.82, 2.24) is 0 Å². The predicted octanol–water partition coefficient (Wildman–Crippen LogP) is 1.06. The van der Waals surface area contributed by atoms with Crippen LogP contribution in [0, 0.1) is 5.92 Å². The largest absolute Gasteiger partial charge is 0.454 e. The molecule has 2 aliphatic heterocycles. The second-order valence-corrected chi connectivity index (χ2v) is 6.12. The first-order valence-corrected chi connectivity index (χ1v) is 7.68. The summed E-state index contributed by atoms with van der Waals surface area (Å²) in [4.78, 5) is 13.8. The molecule has 1 aromatic rings. The van der Waals surface area contributed by atoms with Gasteiger partial charge < -0.3 is 19.7 Å². The fraction of sp³-hybridized carbons (Fsp3) is 0.562. The summed E-state index contributed by atoms with van der Waals surface area (Å²) in [5, 5.41) is 2.98. The highest BCUT2D eigenvalue weighted by atomic mass is 16.7. The van der Waals surface area contributed by atoms with Gasteiger partial charge in [0.25, 0.3) is 5.91 Å². The Morgan fingerprint density at radius 1 is 1.29 bits per heavy atom. The maximum absolute atomic E-state index is 12.4. The molecule has 0 spiro atoms. The van der Waals surface area contributed by atoms with Gasteiger partial charge >= 0.3 is 0 Å². The first-order chi connectivity index (χ1) is 10.1. The van der Waals surface area contributed by atoms with Crippen LogP contribution in [0.4, 0.5) is 5.69 Å². The third-order valence-corrected chi connectivity index (χ3v) is 4.56. The Morgan fingerprint density at radius 3 is 2.76 bits per heavy atom. The van der Waals surface area contributed by atoms with E-state index in [1.165, 1.54) is 17.7 Å². The molecule has 0 bridgehead atoms. The van der Waals surface area contributed by atoms with Gasteiger partial charge in [-0.05, 0) is 37.8 Å². The Morgan fingerprint density at radius 2 is 2.00 bits per heavy atom. The van der Waals surface area contributed by atoms with Gasteiger partial charge in [-0.1, -0.05) is 6.92 Å². The second-order valence-electron chi connectivity index (χ2n) is 6.12. The number of anilines is 1. The van der Waals surface area contributed by atoms with E-state index in [1.54, 1.807) is 0 Å². The van der Waals surface area contributed by atoms with E-state index in [1.807, 2.05) is 25.1 Å². The van der Waals surface area contributed by atoms with Crippen LogP contribution < -0.4 is 19.7 Å². The number of ether oxygens (including phenoxy) is 2. The minimum atomic E-state index is -0.0251. The van der Waals surface area contributed by atoms with E-state index in [-0.39, 0.29) is 18.7 Å². The molecule has 5 heteroatoms. The highest BCUT2D eigenvalue weighted by Gasteiger charge is 2.28. The molecule has 114 valence electrons. The lowest BCUT2D eigenvalue weighted by Gasteiger charge is -2.31. The summed E-state index contributed by atoms with van der Waals surface area (Å²) in [6.45, 7) is 6.70. The average molecular weight is 291 g/mol. The molecule has 1 saturated heterocycles. The van der Waals surface area contributed by atoms with Crippen LogP contribution in [0.2, 0.25) is 0 Å². The maximum atomic E-state index is 12.4. The van der Waals surface area contributed by atoms with Crippen LogP contribution in [0.5, 0.6) is 11.5 Å². The van der Waals surface area contributed by atoms with Gasteiger partial charge in [-0.3, -0.25) is 4.79 Å². The third-order valence-electron chi connectivity index (χ3n) is 4.56. The molecule has 3 rings (SSSR count). The summed E-state index contributed by atoms with van der Waals surface area (Å²) in [5.74, 6) is 2.28. The smallest absolute Gasteiger partial charge is 0.282 e. The van der Waals surface area contributed by atoms with Crippen molar-refractivity contribution < 1.29 is 19.2 Å². The number of quaternary nitrogens is 1. The number of nitrogens with one attached hydrogen (secondary N) is 2. The van der Waals surface area contributed by atoms with Crippen molar-refractivity contribution in [1.29, 1.82) is 0 Å². The predicted molar refractivity (Wildman–Crippen MR) is 79.8 cm³/mol. The molecule has 1 atom stereocenters. The molecule has 0 aliphatic carbocycles. The van der Waals surface area contributed by atoms with Crippen molar-refractivity contribution in [2.75, 3.05) is 25.2 Å². The van der Waals surface area contributed by atoms with Gasteiger partial charge in [0.1, 0.15) is 0 Å². The normalized spacial score (nSPS) is 25.4. The molecule has 5 nitrogen and oxygen atoms in total. The standard InChI is InChI=1S/C16H22N2O3/c1-11-5-7-18(8-6-11)12(2)16(19)17-13-3-4-14-15(9-13)21-10-20-14/h3-4,9,11-12H,5-8,10H2,1-2H3,(H,17,19)/p+1/t12-/m0/s1. The molecule has 1 aromatic carbocycles. The summed E-state index contributed by atoms with van der Waals surface area (Å²) in [7, 11) is 0. The van der Waals surface area contributed by atoms with E-state index in [0.29, 0.717) is 5.75 Å². The quantitative estimate of drug-likeness (QED) is 0.875. The van der Waals surface area contributed by atoms with Gasteiger partial charge in [0.15, 0.2) is 17.5 Å². The Hall–Kier alpha value is -1.75. The summed E-state index contributed by atoms with van der Waals surface area (Å²) >= 11 is 0. The van der Waals surface area contributed by atoms with Crippen molar-refractivity contribution in [2.45, 2.75) is 32.7 Å². The van der Waals surface area contributed by atoms with Crippen LogP contribution in [0.15, 0.2) is 18.2 Å². The third kappa shape index (κ3) is 3.13. The fourth-order valence-corrected chi connectivity index (χ4v) is 2.98. The highest BCUT2D eigenvalue weighted by molar-refractivity contribution is 5.93. The maximum Gasteiger partial charge on any atom is 0.282 e. The Balaban J connectivity index is 1.60. The van der Waals surface area contributed by atoms with Crippen molar-refractivity contribution in [3.8, 4) is 11.5 Å². The van der Waals surface area contributed by atoms with E-state index >= 15 is 0 Å². The SMILES string of the molecule is CC1CC[NH+]([C@@H](C)C(=O)Nc2ccc3c(c2)OCO3)CC1. The van der Waals surface area contributed by atoms with Crippen LogP contribution in [0.25, 0.3) is 0 Å². The molecule has 0 aromatic heterocycles. The molecule has 0 radical (unpaired) electrons. The van der Waals surface area contributed by atoms with Gasteiger partial charge in [0.05, 0.1) is 13.1 Å². The number of amides is 1. The van der Waals surface area contributed by atoms with Gasteiger partial charge in [-0.25, -0.2) is 0 Å². The van der Waals surface area contributed by atoms with E-state index in [9.17, 15) is 4.79 Å². The number of rotatable bonds is 3. The van der Waals surface area contributed by atoms with E-state index < -0.39 is 0 Å². The zero-order valence-electron chi connectivity index (χ0n) is 12.6. The van der Waals surface area contributed by atoms with E-state index in [2.05, 4.69) is 12.2 Å². The van der Waals surface area contributed by atoms with Crippen molar-refractivity contribution in [3.63, 3.8) is 0 Å². The minimum absolute atomic E-state index is 0.0251. The number of piperidine rings is 1. The number of benzene rings is 1. The zero-order chi connectivity index (χ0) is 14.8. The first kappa shape index (κ1) is 14.2. The molecular weight excluding hydrogens is 268 g/mol. The number of carbonyl (C=O) groups is 1. The number of carbonyl (C=O) groups excluding carboxylic acids is 1. The summed E-state index contributed by atoms with van der Waals surface area (Å²) in [6, 6.07) is 5.48. The molecule has 0 unspecified atom stereocenters. The van der Waals surface area contributed by atoms with Crippen LogP contribution >= 0.6 is 0 Å². The average Bonchev–Trinajstić information content (AvgIpc) is 2.95. The molecule has 1 amide bonds. The van der Waals surface area contributed by atoms with Crippen molar-refractivity contribution in [2.24, 2.45) is 5.92 Å². The van der Waals surface area contributed by atoms with Gasteiger partial charge in [-0.2, -0.15) is 0 Å². The number of fused-ring (bicyclic) bond motifs is 1. The molecule has 0 saturated carbocycles. The van der Waals surface area contributed by atoms with Crippen molar-refractivity contribution in [3.05, 3.63) is 18.2 Å². The van der Waals surface area contributed by atoms with Crippen LogP contribution in [-0.2, 0) is 4.79 Å². The molecule has 2 heterocycles. The highest BCUT2D eigenvalue weighted by Crippen LogP contribution is 2.34. The van der Waals surface area contributed by atoms with Gasteiger partial charge in [0, 0.05) is 11.8 Å². The minimum Gasteiger partial charge on any atom is -0.454 e. The molecule has 1 fully saturated rings. The molecule has 2 aliphatic rings. The summed E-state index contributed by atoms with van der Waals surface area (Å²) in [5.41, 5.74) is 0.765. The van der Waals surface area contributed by atoms with Crippen LogP contribution in [0.3, 0.4) is 0 Å². The number of hydrogen-bond donors (Lipinski definition) is 2. The topological polar surface area (TPSA) is 52.0 Å². The van der Waals surface area contributed by atoms with E-state index in [0.717, 1.165) is 30.4 Å².